The molecule has 12 rings (SSSR count). The van der Waals surface area contributed by atoms with Crippen LogP contribution in [0.5, 0.6) is 0 Å². The molecule has 4 nitrogen and oxygen atoms in total. The van der Waals surface area contributed by atoms with Crippen molar-refractivity contribution < 1.29 is 8.83 Å². The van der Waals surface area contributed by atoms with Crippen LogP contribution < -0.4 is 0 Å². The molecule has 0 amide bonds. The Kier molecular flexibility index (Phi) is 5.80. The van der Waals surface area contributed by atoms with Crippen LogP contribution in [-0.2, 0) is 6.42 Å². The third-order valence-corrected chi connectivity index (χ3v) is 11.1. The molecule has 0 aliphatic rings. The molecule has 0 unspecified atom stereocenters. The molecule has 0 bridgehead atoms. The maximum Gasteiger partial charge on any atom is 0.178 e. The van der Waals surface area contributed by atoms with E-state index in [9.17, 15) is 0 Å². The van der Waals surface area contributed by atoms with E-state index in [2.05, 4.69) is 179 Å². The van der Waals surface area contributed by atoms with Crippen molar-refractivity contribution in [1.29, 1.82) is 0 Å². The summed E-state index contributed by atoms with van der Waals surface area (Å²) in [5.74, 6) is 0. The van der Waals surface area contributed by atoms with Gasteiger partial charge in [0, 0.05) is 54.5 Å². The summed E-state index contributed by atoms with van der Waals surface area (Å²) in [6.45, 7) is 0. The van der Waals surface area contributed by atoms with Crippen molar-refractivity contribution in [3.8, 4) is 11.4 Å². The van der Waals surface area contributed by atoms with Crippen LogP contribution in [0.3, 0.4) is 0 Å². The smallest absolute Gasteiger partial charge is 0.178 e. The van der Waals surface area contributed by atoms with Gasteiger partial charge in [-0.25, -0.2) is 0 Å². The first-order valence-corrected chi connectivity index (χ1v) is 18.1. The highest BCUT2D eigenvalue weighted by molar-refractivity contribution is 6.21. The van der Waals surface area contributed by atoms with Crippen molar-refractivity contribution in [3.05, 3.63) is 181 Å². The van der Waals surface area contributed by atoms with Crippen molar-refractivity contribution in [2.75, 3.05) is 0 Å². The molecule has 0 fully saturated rings. The fraction of sp³-hybridized carbons (Fsp3) is 0.0204. The fourth-order valence-corrected chi connectivity index (χ4v) is 8.86. The molecular weight excluding hydrogens is 649 g/mol. The standard InChI is InChI=1S/C49H30N2O2/c1-2-12-30(13-3-1)26-31-27-39-38-28-32(50-41-18-8-4-14-34(41)35-15-5-9-19-42(35)50)22-24-45(38)52-48(39)49-47(31)40-29-33(23-25-46(40)53-49)51-43-20-10-6-16-36(43)37-17-7-11-21-44(37)51/h1-25,27-29H,26H2. The van der Waals surface area contributed by atoms with E-state index in [-0.39, 0.29) is 0 Å². The molecule has 0 aliphatic heterocycles. The number of nitrogens with zero attached hydrogens (tertiary/aromatic N) is 2. The van der Waals surface area contributed by atoms with Gasteiger partial charge in [-0.2, -0.15) is 0 Å². The Balaban J connectivity index is 1.13. The second kappa shape index (κ2) is 10.7. The van der Waals surface area contributed by atoms with E-state index in [1.807, 2.05) is 0 Å². The highest BCUT2D eigenvalue weighted by Crippen LogP contribution is 2.44. The number of fused-ring (bicyclic) bond motifs is 13. The maximum atomic E-state index is 6.83. The minimum absolute atomic E-state index is 0.765. The fourth-order valence-electron chi connectivity index (χ4n) is 8.86. The highest BCUT2D eigenvalue weighted by atomic mass is 16.4. The molecule has 0 spiro atoms. The molecule has 0 atom stereocenters. The van der Waals surface area contributed by atoms with Crippen LogP contribution >= 0.6 is 0 Å². The number of rotatable bonds is 4. The zero-order valence-corrected chi connectivity index (χ0v) is 28.6. The predicted octanol–water partition coefficient (Wildman–Crippen LogP) is 13.3. The predicted molar refractivity (Wildman–Crippen MR) is 219 cm³/mol. The van der Waals surface area contributed by atoms with Gasteiger partial charge in [-0.05, 0) is 84.3 Å². The summed E-state index contributed by atoms with van der Waals surface area (Å²) in [6, 6.07) is 60.8. The molecule has 0 saturated carbocycles. The van der Waals surface area contributed by atoms with Gasteiger partial charge in [0.05, 0.1) is 22.1 Å². The van der Waals surface area contributed by atoms with Gasteiger partial charge in [-0.15, -0.1) is 0 Å². The molecule has 12 aromatic rings. The highest BCUT2D eigenvalue weighted by Gasteiger charge is 2.22. The first kappa shape index (κ1) is 28.6. The van der Waals surface area contributed by atoms with E-state index in [4.69, 9.17) is 8.83 Å². The number of aromatic nitrogens is 2. The lowest BCUT2D eigenvalue weighted by molar-refractivity contribution is 0.633. The van der Waals surface area contributed by atoms with E-state index >= 15 is 0 Å². The molecule has 53 heavy (non-hydrogen) atoms. The molecule has 0 aliphatic carbocycles. The van der Waals surface area contributed by atoms with Crippen LogP contribution in [0.4, 0.5) is 0 Å². The summed E-state index contributed by atoms with van der Waals surface area (Å²) in [7, 11) is 0. The molecule has 0 saturated heterocycles. The Labute approximate surface area is 303 Å². The van der Waals surface area contributed by atoms with Crippen LogP contribution in [0.25, 0.3) is 98.9 Å². The first-order valence-electron chi connectivity index (χ1n) is 18.1. The lowest BCUT2D eigenvalue weighted by Crippen LogP contribution is -1.94. The van der Waals surface area contributed by atoms with Crippen LogP contribution in [0.15, 0.2) is 179 Å². The quantitative estimate of drug-likeness (QED) is 0.186. The Bertz CT molecular complexity index is 3320. The summed E-state index contributed by atoms with van der Waals surface area (Å²) < 4.78 is 18.3. The number of hydrogen-bond donors (Lipinski definition) is 0. The van der Waals surface area contributed by atoms with E-state index in [0.29, 0.717) is 0 Å². The number of benzene rings is 8. The van der Waals surface area contributed by atoms with Crippen molar-refractivity contribution in [2.24, 2.45) is 0 Å². The summed E-state index contributed by atoms with van der Waals surface area (Å²) in [5, 5.41) is 9.29. The van der Waals surface area contributed by atoms with Crippen LogP contribution in [0.2, 0.25) is 0 Å². The lowest BCUT2D eigenvalue weighted by atomic mass is 9.97. The number of para-hydroxylation sites is 4. The van der Waals surface area contributed by atoms with Crippen molar-refractivity contribution >= 4 is 87.5 Å². The lowest BCUT2D eigenvalue weighted by Gasteiger charge is -2.09. The second-order valence-electron chi connectivity index (χ2n) is 14.1. The summed E-state index contributed by atoms with van der Waals surface area (Å²) in [5.41, 5.74) is 12.7. The van der Waals surface area contributed by atoms with Gasteiger partial charge in [0.1, 0.15) is 11.2 Å². The van der Waals surface area contributed by atoms with Gasteiger partial charge in [-0.1, -0.05) is 103 Å². The molecule has 0 radical (unpaired) electrons. The Hall–Kier alpha value is -7.04. The Morgan fingerprint density at radius 1 is 0.358 bits per heavy atom. The van der Waals surface area contributed by atoms with Gasteiger partial charge in [0.2, 0.25) is 0 Å². The van der Waals surface area contributed by atoms with Crippen LogP contribution in [0.1, 0.15) is 11.1 Å². The first-order chi connectivity index (χ1) is 26.3. The van der Waals surface area contributed by atoms with Gasteiger partial charge in [-0.3, -0.25) is 0 Å². The molecule has 4 heteroatoms. The third-order valence-electron chi connectivity index (χ3n) is 11.1. The minimum atomic E-state index is 0.765. The third kappa shape index (κ3) is 4.06. The van der Waals surface area contributed by atoms with Gasteiger partial charge < -0.3 is 18.0 Å². The maximum absolute atomic E-state index is 6.83. The average molecular weight is 679 g/mol. The van der Waals surface area contributed by atoms with E-state index in [0.717, 1.165) is 61.7 Å². The van der Waals surface area contributed by atoms with E-state index in [1.54, 1.807) is 0 Å². The largest absolute Gasteiger partial charge is 0.452 e. The summed E-state index contributed by atoms with van der Waals surface area (Å²) >= 11 is 0. The molecular formula is C49H30N2O2. The second-order valence-corrected chi connectivity index (χ2v) is 14.1. The average Bonchev–Trinajstić information content (AvgIpc) is 3.96. The van der Waals surface area contributed by atoms with E-state index < -0.39 is 0 Å². The molecule has 0 N–H and O–H groups in total. The summed E-state index contributed by atoms with van der Waals surface area (Å²) in [6.07, 6.45) is 0.765. The zero-order valence-electron chi connectivity index (χ0n) is 28.6. The SMILES string of the molecule is c1ccc(Cc2cc3c4cc(-n5c6ccccc6c6ccccc65)ccc4oc3c3oc4ccc(-n5c6ccccc6c6ccccc65)cc4c23)cc1. The van der Waals surface area contributed by atoms with Gasteiger partial charge in [0.25, 0.3) is 0 Å². The molecule has 248 valence electrons. The zero-order chi connectivity index (χ0) is 34.6. The van der Waals surface area contributed by atoms with Crippen molar-refractivity contribution in [2.45, 2.75) is 6.42 Å². The van der Waals surface area contributed by atoms with Crippen LogP contribution in [-0.4, -0.2) is 9.13 Å². The summed E-state index contributed by atoms with van der Waals surface area (Å²) in [4.78, 5) is 0. The normalized spacial score (nSPS) is 12.2. The van der Waals surface area contributed by atoms with E-state index in [1.165, 1.54) is 54.7 Å². The molecule has 4 heterocycles. The van der Waals surface area contributed by atoms with Crippen molar-refractivity contribution in [1.82, 2.24) is 9.13 Å². The minimum Gasteiger partial charge on any atom is -0.452 e. The molecule has 4 aromatic heterocycles. The van der Waals surface area contributed by atoms with Crippen LogP contribution in [0, 0.1) is 0 Å². The number of hydrogen-bond acceptors (Lipinski definition) is 2. The molecule has 8 aromatic carbocycles. The topological polar surface area (TPSA) is 36.1 Å². The number of furan rings is 2. The monoisotopic (exact) mass is 678 g/mol. The van der Waals surface area contributed by atoms with Gasteiger partial charge in [0.15, 0.2) is 11.2 Å². The Morgan fingerprint density at radius 2 is 0.811 bits per heavy atom. The van der Waals surface area contributed by atoms with Crippen molar-refractivity contribution in [3.63, 3.8) is 0 Å². The Morgan fingerprint density at radius 3 is 1.36 bits per heavy atom. The van der Waals surface area contributed by atoms with Gasteiger partial charge >= 0.3 is 0 Å².